The number of fused-ring (bicyclic) bond motifs is 1. The summed E-state index contributed by atoms with van der Waals surface area (Å²) in [6, 6.07) is 0. The summed E-state index contributed by atoms with van der Waals surface area (Å²) < 4.78 is 44.1. The Morgan fingerprint density at radius 3 is 2.50 bits per heavy atom. The molecule has 0 radical (unpaired) electrons. The zero-order valence-electron chi connectivity index (χ0n) is 13.1. The van der Waals surface area contributed by atoms with E-state index in [1.165, 1.54) is 0 Å². The molecule has 4 atom stereocenters. The largest absolute Gasteiger partial charge is 0.464 e. The predicted molar refractivity (Wildman–Crippen MR) is 74.4 cm³/mol. The van der Waals surface area contributed by atoms with Gasteiger partial charge in [-0.3, -0.25) is 4.18 Å². The van der Waals surface area contributed by atoms with Crippen LogP contribution in [0.25, 0.3) is 0 Å². The van der Waals surface area contributed by atoms with Crippen molar-refractivity contribution >= 4 is 16.1 Å². The molecule has 2 rings (SSSR count). The van der Waals surface area contributed by atoms with E-state index in [0.717, 1.165) is 6.26 Å². The van der Waals surface area contributed by atoms with Crippen molar-refractivity contribution in [2.45, 2.75) is 63.3 Å². The first-order valence-electron chi connectivity index (χ1n) is 7.09. The zero-order valence-corrected chi connectivity index (χ0v) is 13.9. The van der Waals surface area contributed by atoms with E-state index in [2.05, 4.69) is 0 Å². The molecular formula is C13H22O8S. The molecule has 0 amide bonds. The third-order valence-electron chi connectivity index (χ3n) is 3.62. The van der Waals surface area contributed by atoms with Crippen molar-refractivity contribution in [1.29, 1.82) is 0 Å². The van der Waals surface area contributed by atoms with Crippen LogP contribution in [0.4, 0.5) is 0 Å². The summed E-state index contributed by atoms with van der Waals surface area (Å²) in [7, 11) is -3.79. The molecule has 0 aromatic heterocycles. The standard InChI is InChI=1S/C13H22O8S/c1-5-18-11(14)13(15)6-8-10(20-12(2,3)19-8)9(7-13)21-22(4,16)17/h8-10,15H,5-7H2,1-4H3/t8?,9-,10?,13+/m1/s1. The number of aliphatic hydroxyl groups is 1. The maximum absolute atomic E-state index is 12.0. The Hall–Kier alpha value is -0.740. The Kier molecular flexibility index (Phi) is 4.58. The van der Waals surface area contributed by atoms with Crippen molar-refractivity contribution in [3.05, 3.63) is 0 Å². The fourth-order valence-electron chi connectivity index (χ4n) is 2.95. The first-order valence-corrected chi connectivity index (χ1v) is 8.91. The van der Waals surface area contributed by atoms with Crippen LogP contribution in [-0.4, -0.2) is 62.1 Å². The van der Waals surface area contributed by atoms with Crippen molar-refractivity contribution in [2.24, 2.45) is 0 Å². The minimum Gasteiger partial charge on any atom is -0.464 e. The van der Waals surface area contributed by atoms with E-state index in [1.807, 2.05) is 0 Å². The van der Waals surface area contributed by atoms with E-state index in [1.54, 1.807) is 20.8 Å². The van der Waals surface area contributed by atoms with Gasteiger partial charge >= 0.3 is 5.97 Å². The lowest BCUT2D eigenvalue weighted by molar-refractivity contribution is -0.179. The smallest absolute Gasteiger partial charge is 0.338 e. The normalized spacial score (nSPS) is 37.6. The van der Waals surface area contributed by atoms with E-state index in [9.17, 15) is 18.3 Å². The second-order valence-corrected chi connectivity index (χ2v) is 7.74. The van der Waals surface area contributed by atoms with Crippen molar-refractivity contribution < 1.29 is 36.7 Å². The zero-order chi connectivity index (χ0) is 16.8. The van der Waals surface area contributed by atoms with E-state index in [4.69, 9.17) is 18.4 Å². The van der Waals surface area contributed by atoms with E-state index >= 15 is 0 Å². The van der Waals surface area contributed by atoms with E-state index in [-0.39, 0.29) is 19.4 Å². The molecule has 0 spiro atoms. The van der Waals surface area contributed by atoms with Gasteiger partial charge in [-0.05, 0) is 20.8 Å². The van der Waals surface area contributed by atoms with Gasteiger partial charge in [-0.15, -0.1) is 0 Å². The lowest BCUT2D eigenvalue weighted by Crippen LogP contribution is -2.56. The summed E-state index contributed by atoms with van der Waals surface area (Å²) in [5.41, 5.74) is -1.86. The Labute approximate surface area is 129 Å². The molecular weight excluding hydrogens is 316 g/mol. The van der Waals surface area contributed by atoms with Crippen LogP contribution >= 0.6 is 0 Å². The van der Waals surface area contributed by atoms with Crippen molar-refractivity contribution in [1.82, 2.24) is 0 Å². The Morgan fingerprint density at radius 2 is 1.95 bits per heavy atom. The molecule has 0 aromatic carbocycles. The van der Waals surface area contributed by atoms with Gasteiger partial charge in [0.05, 0.1) is 19.0 Å². The van der Waals surface area contributed by atoms with Crippen molar-refractivity contribution in [3.8, 4) is 0 Å². The minimum atomic E-state index is -3.79. The number of ether oxygens (including phenoxy) is 3. The highest BCUT2D eigenvalue weighted by Crippen LogP contribution is 2.42. The average molecular weight is 338 g/mol. The highest BCUT2D eigenvalue weighted by Gasteiger charge is 2.58. The molecule has 0 aromatic rings. The minimum absolute atomic E-state index is 0.0381. The van der Waals surface area contributed by atoms with Crippen LogP contribution in [0.5, 0.6) is 0 Å². The molecule has 0 bridgehead atoms. The van der Waals surface area contributed by atoms with Crippen LogP contribution < -0.4 is 0 Å². The monoisotopic (exact) mass is 338 g/mol. The summed E-state index contributed by atoms with van der Waals surface area (Å²) >= 11 is 0. The van der Waals surface area contributed by atoms with Crippen LogP contribution in [0.2, 0.25) is 0 Å². The highest BCUT2D eigenvalue weighted by molar-refractivity contribution is 7.86. The van der Waals surface area contributed by atoms with Crippen molar-refractivity contribution in [2.75, 3.05) is 12.9 Å². The summed E-state index contributed by atoms with van der Waals surface area (Å²) in [6.45, 7) is 5.07. The Bertz CT molecular complexity index is 542. The lowest BCUT2D eigenvalue weighted by Gasteiger charge is -2.39. The van der Waals surface area contributed by atoms with Gasteiger partial charge in [0.25, 0.3) is 10.1 Å². The molecule has 8 nitrogen and oxygen atoms in total. The molecule has 2 fully saturated rings. The Morgan fingerprint density at radius 1 is 1.32 bits per heavy atom. The summed E-state index contributed by atoms with van der Waals surface area (Å²) in [5.74, 6) is -1.77. The first-order chi connectivity index (χ1) is 9.96. The molecule has 1 aliphatic heterocycles. The van der Waals surface area contributed by atoms with Gasteiger partial charge in [0, 0.05) is 12.8 Å². The summed E-state index contributed by atoms with van der Waals surface area (Å²) in [6.07, 6.45) is -1.74. The number of carbonyl (C=O) groups is 1. The molecule has 22 heavy (non-hydrogen) atoms. The Balaban J connectivity index is 2.28. The molecule has 9 heteroatoms. The molecule has 128 valence electrons. The third kappa shape index (κ3) is 3.77. The SMILES string of the molecule is CCOC(=O)[C@]1(O)CC2OC(C)(C)OC2[C@H](OS(C)(=O)=O)C1. The van der Waals surface area contributed by atoms with Gasteiger partial charge in [-0.1, -0.05) is 0 Å². The fourth-order valence-corrected chi connectivity index (χ4v) is 3.57. The van der Waals surface area contributed by atoms with Gasteiger partial charge in [-0.2, -0.15) is 8.42 Å². The number of hydrogen-bond acceptors (Lipinski definition) is 8. The van der Waals surface area contributed by atoms with Gasteiger partial charge in [0.1, 0.15) is 12.2 Å². The fraction of sp³-hybridized carbons (Fsp3) is 0.923. The quantitative estimate of drug-likeness (QED) is 0.561. The maximum Gasteiger partial charge on any atom is 0.338 e. The molecule has 2 unspecified atom stereocenters. The molecule has 1 saturated carbocycles. The van der Waals surface area contributed by atoms with E-state index in [0.29, 0.717) is 0 Å². The van der Waals surface area contributed by atoms with E-state index < -0.39 is 45.8 Å². The highest BCUT2D eigenvalue weighted by atomic mass is 32.2. The van der Waals surface area contributed by atoms with Crippen LogP contribution in [0, 0.1) is 0 Å². The third-order valence-corrected chi connectivity index (χ3v) is 4.22. The molecule has 1 aliphatic carbocycles. The topological polar surface area (TPSA) is 108 Å². The first kappa shape index (κ1) is 17.6. The van der Waals surface area contributed by atoms with Gasteiger partial charge in [-0.25, -0.2) is 4.79 Å². The molecule has 1 N–H and O–H groups in total. The second kappa shape index (κ2) is 5.72. The maximum atomic E-state index is 12.0. The number of esters is 1. The summed E-state index contributed by atoms with van der Waals surface area (Å²) in [4.78, 5) is 12.0. The average Bonchev–Trinajstić information content (AvgIpc) is 2.61. The lowest BCUT2D eigenvalue weighted by atomic mass is 9.80. The van der Waals surface area contributed by atoms with Crippen LogP contribution in [0.15, 0.2) is 0 Å². The number of carbonyl (C=O) groups excluding carboxylic acids is 1. The second-order valence-electron chi connectivity index (χ2n) is 6.14. The van der Waals surface area contributed by atoms with Gasteiger partial charge in [0.2, 0.25) is 0 Å². The van der Waals surface area contributed by atoms with Gasteiger partial charge < -0.3 is 19.3 Å². The van der Waals surface area contributed by atoms with Crippen LogP contribution in [-0.2, 0) is 33.3 Å². The number of rotatable bonds is 4. The van der Waals surface area contributed by atoms with Crippen LogP contribution in [0.1, 0.15) is 33.6 Å². The molecule has 2 aliphatic rings. The van der Waals surface area contributed by atoms with Crippen molar-refractivity contribution in [3.63, 3.8) is 0 Å². The summed E-state index contributed by atoms with van der Waals surface area (Å²) in [5, 5.41) is 10.6. The van der Waals surface area contributed by atoms with Crippen LogP contribution in [0.3, 0.4) is 0 Å². The predicted octanol–water partition coefficient (Wildman–Crippen LogP) is -0.0607. The molecule has 1 heterocycles. The number of hydrogen-bond donors (Lipinski definition) is 1. The van der Waals surface area contributed by atoms with Gasteiger partial charge in [0.15, 0.2) is 11.4 Å². The molecule has 1 saturated heterocycles.